The molecule has 2 aliphatic rings. The molecule has 4 rings (SSSR count). The van der Waals surface area contributed by atoms with E-state index in [0.717, 1.165) is 24.1 Å². The Kier molecular flexibility index (Phi) is 5.53. The lowest BCUT2D eigenvalue weighted by Gasteiger charge is -2.38. The van der Waals surface area contributed by atoms with Gasteiger partial charge in [-0.05, 0) is 49.6 Å². The molecule has 0 atom stereocenters. The van der Waals surface area contributed by atoms with Crippen LogP contribution in [0.1, 0.15) is 30.1 Å². The average Bonchev–Trinajstić information content (AvgIpc) is 3.52. The molecule has 1 aliphatic carbocycles. The van der Waals surface area contributed by atoms with E-state index in [0.29, 0.717) is 36.4 Å². The molecule has 7 nitrogen and oxygen atoms in total. The molecule has 0 radical (unpaired) electrons. The lowest BCUT2D eigenvalue weighted by atomic mass is 10.1. The van der Waals surface area contributed by atoms with Crippen LogP contribution in [0, 0.1) is 6.92 Å². The van der Waals surface area contributed by atoms with E-state index in [1.54, 1.807) is 43.4 Å². The fraction of sp³-hybridized carbons (Fsp3) is 0.391. The second kappa shape index (κ2) is 8.26. The summed E-state index contributed by atoms with van der Waals surface area (Å²) in [5.41, 5.74) is 1.75. The van der Waals surface area contributed by atoms with Crippen molar-refractivity contribution in [3.63, 3.8) is 0 Å². The zero-order valence-corrected chi connectivity index (χ0v) is 17.5. The number of nitrogens with zero attached hydrogens (tertiary/aromatic N) is 2. The highest BCUT2D eigenvalue weighted by atomic mass is 16.5. The van der Waals surface area contributed by atoms with Crippen molar-refractivity contribution in [3.05, 3.63) is 58.0 Å². The van der Waals surface area contributed by atoms with Gasteiger partial charge in [-0.3, -0.25) is 9.59 Å². The van der Waals surface area contributed by atoms with Gasteiger partial charge in [0.05, 0.1) is 27.3 Å². The quantitative estimate of drug-likeness (QED) is 0.657. The van der Waals surface area contributed by atoms with Gasteiger partial charge in [-0.2, -0.15) is 0 Å². The first kappa shape index (κ1) is 20.1. The van der Waals surface area contributed by atoms with Crippen molar-refractivity contribution < 1.29 is 19.0 Å². The first-order valence-corrected chi connectivity index (χ1v) is 10.1. The maximum atomic E-state index is 12.4. The van der Waals surface area contributed by atoms with Crippen LogP contribution in [0.25, 0.3) is 6.08 Å². The minimum absolute atomic E-state index is 0.0161. The van der Waals surface area contributed by atoms with Crippen molar-refractivity contribution in [2.45, 2.75) is 31.9 Å². The molecule has 1 aromatic carbocycles. The van der Waals surface area contributed by atoms with Crippen LogP contribution in [0.15, 0.2) is 41.2 Å². The van der Waals surface area contributed by atoms with Crippen molar-refractivity contribution >= 4 is 12.0 Å². The number of likely N-dealkylation sites (tertiary alicyclic amines) is 1. The highest BCUT2D eigenvalue weighted by Crippen LogP contribution is 2.35. The summed E-state index contributed by atoms with van der Waals surface area (Å²) < 4.78 is 18.2. The van der Waals surface area contributed by atoms with Crippen LogP contribution < -0.4 is 19.8 Å². The minimum Gasteiger partial charge on any atom is -0.493 e. The Balaban J connectivity index is 1.31. The molecule has 1 saturated carbocycles. The number of ether oxygens (including phenoxy) is 3. The number of carbonyl (C=O) groups is 1. The van der Waals surface area contributed by atoms with Gasteiger partial charge in [0.1, 0.15) is 11.9 Å². The Hall–Kier alpha value is -3.22. The fourth-order valence-electron chi connectivity index (χ4n) is 3.67. The summed E-state index contributed by atoms with van der Waals surface area (Å²) in [5.74, 6) is 1.75. The number of hydrogen-bond donors (Lipinski definition) is 0. The molecule has 0 bridgehead atoms. The molecule has 2 fully saturated rings. The topological polar surface area (TPSA) is 70.0 Å². The Morgan fingerprint density at radius 2 is 1.80 bits per heavy atom. The fourth-order valence-corrected chi connectivity index (χ4v) is 3.67. The van der Waals surface area contributed by atoms with E-state index in [4.69, 9.17) is 14.2 Å². The highest BCUT2D eigenvalue weighted by molar-refractivity contribution is 5.92. The van der Waals surface area contributed by atoms with E-state index in [1.807, 2.05) is 29.7 Å². The lowest BCUT2D eigenvalue weighted by Crippen LogP contribution is -2.55. The van der Waals surface area contributed by atoms with E-state index in [9.17, 15) is 9.59 Å². The number of pyridine rings is 1. The monoisotopic (exact) mass is 410 g/mol. The number of methoxy groups -OCH3 is 2. The molecule has 1 amide bonds. The van der Waals surface area contributed by atoms with Crippen LogP contribution >= 0.6 is 0 Å². The van der Waals surface area contributed by atoms with Crippen molar-refractivity contribution in [1.82, 2.24) is 9.47 Å². The molecule has 7 heteroatoms. The number of carbonyl (C=O) groups excluding carboxylic acids is 1. The van der Waals surface area contributed by atoms with Crippen LogP contribution in [0.2, 0.25) is 0 Å². The molecular formula is C23H26N2O5. The predicted molar refractivity (Wildman–Crippen MR) is 113 cm³/mol. The SMILES string of the molecule is COc1ccc(/C=C/C(=O)N2CC(Oc3cc(C)n(C4CC4)c(=O)c3)C2)cc1OC. The third kappa shape index (κ3) is 4.20. The van der Waals surface area contributed by atoms with Gasteiger partial charge in [0.15, 0.2) is 11.5 Å². The maximum Gasteiger partial charge on any atom is 0.254 e. The third-order valence-corrected chi connectivity index (χ3v) is 5.43. The lowest BCUT2D eigenvalue weighted by molar-refractivity contribution is -0.134. The second-order valence-corrected chi connectivity index (χ2v) is 7.70. The smallest absolute Gasteiger partial charge is 0.254 e. The Morgan fingerprint density at radius 1 is 1.07 bits per heavy atom. The third-order valence-electron chi connectivity index (χ3n) is 5.43. The number of aromatic nitrogens is 1. The van der Waals surface area contributed by atoms with Gasteiger partial charge in [-0.25, -0.2) is 0 Å². The van der Waals surface area contributed by atoms with Crippen molar-refractivity contribution in [2.24, 2.45) is 0 Å². The molecule has 30 heavy (non-hydrogen) atoms. The zero-order valence-electron chi connectivity index (χ0n) is 17.5. The number of benzene rings is 1. The summed E-state index contributed by atoms with van der Waals surface area (Å²) in [4.78, 5) is 26.4. The summed E-state index contributed by atoms with van der Waals surface area (Å²) in [7, 11) is 3.16. The van der Waals surface area contributed by atoms with E-state index in [-0.39, 0.29) is 17.6 Å². The van der Waals surface area contributed by atoms with Gasteiger partial charge < -0.3 is 23.7 Å². The minimum atomic E-state index is -0.0981. The van der Waals surface area contributed by atoms with Crippen molar-refractivity contribution in [1.29, 1.82) is 0 Å². The van der Waals surface area contributed by atoms with Crippen LogP contribution in [0.3, 0.4) is 0 Å². The van der Waals surface area contributed by atoms with Crippen LogP contribution in [0.4, 0.5) is 0 Å². The molecule has 1 aromatic heterocycles. The van der Waals surface area contributed by atoms with Gasteiger partial charge in [0.2, 0.25) is 5.91 Å². The van der Waals surface area contributed by atoms with E-state index in [1.165, 1.54) is 0 Å². The van der Waals surface area contributed by atoms with Crippen molar-refractivity contribution in [3.8, 4) is 17.2 Å². The first-order chi connectivity index (χ1) is 14.5. The second-order valence-electron chi connectivity index (χ2n) is 7.70. The van der Waals surface area contributed by atoms with Crippen LogP contribution in [-0.2, 0) is 4.79 Å². The maximum absolute atomic E-state index is 12.4. The number of amides is 1. The number of hydrogen-bond acceptors (Lipinski definition) is 5. The van der Waals surface area contributed by atoms with Crippen LogP contribution in [-0.4, -0.2) is 48.8 Å². The van der Waals surface area contributed by atoms with E-state index in [2.05, 4.69) is 0 Å². The number of rotatable bonds is 7. The highest BCUT2D eigenvalue weighted by Gasteiger charge is 2.32. The normalized spacial score (nSPS) is 16.4. The summed E-state index contributed by atoms with van der Waals surface area (Å²) in [6.07, 6.45) is 5.33. The molecule has 1 saturated heterocycles. The number of aryl methyl sites for hydroxylation is 1. The van der Waals surface area contributed by atoms with Gasteiger partial charge in [-0.15, -0.1) is 0 Å². The molecule has 0 N–H and O–H groups in total. The molecular weight excluding hydrogens is 384 g/mol. The van der Waals surface area contributed by atoms with Gasteiger partial charge in [-0.1, -0.05) is 6.07 Å². The van der Waals surface area contributed by atoms with E-state index < -0.39 is 0 Å². The Morgan fingerprint density at radius 3 is 2.43 bits per heavy atom. The molecule has 158 valence electrons. The molecule has 0 unspecified atom stereocenters. The van der Waals surface area contributed by atoms with Gasteiger partial charge in [0.25, 0.3) is 5.56 Å². The summed E-state index contributed by atoms with van der Waals surface area (Å²) in [6, 6.07) is 9.28. The summed E-state index contributed by atoms with van der Waals surface area (Å²) in [5, 5.41) is 0. The molecule has 2 aromatic rings. The van der Waals surface area contributed by atoms with Crippen molar-refractivity contribution in [2.75, 3.05) is 27.3 Å². The standard InChI is InChI=1S/C23H26N2O5/c1-15-10-18(12-23(27)25(15)17-6-7-17)30-19-13-24(14-19)22(26)9-5-16-4-8-20(28-2)21(11-16)29-3/h4-5,8-12,17,19H,6-7,13-14H2,1-3H3/b9-5+. The molecule has 0 spiro atoms. The zero-order chi connectivity index (χ0) is 21.3. The predicted octanol–water partition coefficient (Wildman–Crippen LogP) is 2.81. The van der Waals surface area contributed by atoms with Gasteiger partial charge in [0, 0.05) is 23.9 Å². The molecule has 2 heterocycles. The van der Waals surface area contributed by atoms with E-state index >= 15 is 0 Å². The molecule has 1 aliphatic heterocycles. The van der Waals surface area contributed by atoms with Crippen LogP contribution in [0.5, 0.6) is 17.2 Å². The summed E-state index contributed by atoms with van der Waals surface area (Å²) in [6.45, 7) is 2.93. The Bertz CT molecular complexity index is 1030. The average molecular weight is 410 g/mol. The van der Waals surface area contributed by atoms with Gasteiger partial charge >= 0.3 is 0 Å². The first-order valence-electron chi connectivity index (χ1n) is 10.1. The Labute approximate surface area is 175 Å². The largest absolute Gasteiger partial charge is 0.493 e. The summed E-state index contributed by atoms with van der Waals surface area (Å²) >= 11 is 0.